The van der Waals surface area contributed by atoms with Crippen molar-refractivity contribution in [3.05, 3.63) is 51.6 Å². The molecule has 0 radical (unpaired) electrons. The number of phenolic OH excluding ortho intramolecular Hbond substituents is 1. The van der Waals surface area contributed by atoms with Gasteiger partial charge in [-0.25, -0.2) is 0 Å². The van der Waals surface area contributed by atoms with Crippen LogP contribution in [0.3, 0.4) is 0 Å². The fourth-order valence-corrected chi connectivity index (χ4v) is 2.14. The second kappa shape index (κ2) is 4.58. The van der Waals surface area contributed by atoms with Crippen molar-refractivity contribution in [1.82, 2.24) is 0 Å². The monoisotopic (exact) mass is 320 g/mol. The normalized spacial score (nSPS) is 9.75. The zero-order chi connectivity index (χ0) is 11.5. The summed E-state index contributed by atoms with van der Waals surface area (Å²) in [5, 5.41) is 9.21. The summed E-state index contributed by atoms with van der Waals surface area (Å²) in [5.41, 5.74) is 3.07. The van der Waals surface area contributed by atoms with Gasteiger partial charge in [-0.15, -0.1) is 6.42 Å². The van der Waals surface area contributed by atoms with Gasteiger partial charge in [0.05, 0.1) is 0 Å². The molecule has 0 aliphatic rings. The fourth-order valence-electron chi connectivity index (χ4n) is 1.47. The first-order valence-electron chi connectivity index (χ1n) is 4.76. The maximum atomic E-state index is 9.21. The lowest BCUT2D eigenvalue weighted by Crippen LogP contribution is -1.84. The Kier molecular flexibility index (Phi) is 3.16. The topological polar surface area (TPSA) is 20.2 Å². The summed E-state index contributed by atoms with van der Waals surface area (Å²) >= 11 is 2.23. The molecule has 2 aromatic carbocycles. The van der Waals surface area contributed by atoms with Crippen molar-refractivity contribution in [2.24, 2.45) is 0 Å². The summed E-state index contributed by atoms with van der Waals surface area (Å²) in [6.07, 6.45) is 5.37. The first kappa shape index (κ1) is 11.0. The number of terminal acetylenes is 1. The highest BCUT2D eigenvalue weighted by Gasteiger charge is 2.01. The van der Waals surface area contributed by atoms with Crippen molar-refractivity contribution in [3.8, 4) is 29.2 Å². The van der Waals surface area contributed by atoms with Gasteiger partial charge >= 0.3 is 0 Å². The number of halogens is 1. The summed E-state index contributed by atoms with van der Waals surface area (Å²) in [6, 6.07) is 13.1. The third kappa shape index (κ3) is 2.20. The minimum absolute atomic E-state index is 0.277. The largest absolute Gasteiger partial charge is 0.508 e. The molecule has 0 heterocycles. The first-order chi connectivity index (χ1) is 7.70. The van der Waals surface area contributed by atoms with Crippen LogP contribution < -0.4 is 0 Å². The molecule has 2 heteroatoms. The molecule has 1 N–H and O–H groups in total. The van der Waals surface area contributed by atoms with Gasteiger partial charge in [-0.1, -0.05) is 24.1 Å². The van der Waals surface area contributed by atoms with Crippen LogP contribution in [0.2, 0.25) is 0 Å². The average molecular weight is 320 g/mol. The molecule has 0 aliphatic carbocycles. The van der Waals surface area contributed by atoms with E-state index in [0.29, 0.717) is 0 Å². The second-order valence-electron chi connectivity index (χ2n) is 3.39. The van der Waals surface area contributed by atoms with Crippen molar-refractivity contribution in [2.75, 3.05) is 0 Å². The Morgan fingerprint density at radius 2 is 1.62 bits per heavy atom. The zero-order valence-electron chi connectivity index (χ0n) is 8.44. The van der Waals surface area contributed by atoms with Crippen molar-refractivity contribution in [2.45, 2.75) is 0 Å². The molecular formula is C14H9IO. The number of hydrogen-bond donors (Lipinski definition) is 1. The van der Waals surface area contributed by atoms with E-state index >= 15 is 0 Å². The molecule has 0 amide bonds. The summed E-state index contributed by atoms with van der Waals surface area (Å²) in [5.74, 6) is 2.91. The Balaban J connectivity index is 2.46. The van der Waals surface area contributed by atoms with Crippen LogP contribution in [-0.2, 0) is 0 Å². The lowest BCUT2D eigenvalue weighted by atomic mass is 10.0. The van der Waals surface area contributed by atoms with E-state index in [9.17, 15) is 5.11 Å². The number of rotatable bonds is 1. The zero-order valence-corrected chi connectivity index (χ0v) is 10.6. The SMILES string of the molecule is C#Cc1ccc(-c2ccc(O)cc2)cc1I. The van der Waals surface area contributed by atoms with E-state index in [2.05, 4.69) is 28.5 Å². The number of aromatic hydroxyl groups is 1. The van der Waals surface area contributed by atoms with Gasteiger partial charge in [0.15, 0.2) is 0 Å². The molecule has 78 valence electrons. The van der Waals surface area contributed by atoms with E-state index < -0.39 is 0 Å². The molecule has 2 rings (SSSR count). The summed E-state index contributed by atoms with van der Waals surface area (Å²) in [6.45, 7) is 0. The van der Waals surface area contributed by atoms with E-state index in [1.54, 1.807) is 12.1 Å². The molecule has 0 aliphatic heterocycles. The molecule has 1 nitrogen and oxygen atoms in total. The van der Waals surface area contributed by atoms with Gasteiger partial charge < -0.3 is 5.11 Å². The molecule has 0 saturated heterocycles. The lowest BCUT2D eigenvalue weighted by molar-refractivity contribution is 0.475. The summed E-state index contributed by atoms with van der Waals surface area (Å²) in [7, 11) is 0. The van der Waals surface area contributed by atoms with Crippen molar-refractivity contribution < 1.29 is 5.11 Å². The molecule has 2 aromatic rings. The van der Waals surface area contributed by atoms with E-state index in [1.165, 1.54) is 0 Å². The highest BCUT2D eigenvalue weighted by Crippen LogP contribution is 2.24. The van der Waals surface area contributed by atoms with Gasteiger partial charge in [-0.3, -0.25) is 0 Å². The van der Waals surface area contributed by atoms with Crippen molar-refractivity contribution in [3.63, 3.8) is 0 Å². The minimum Gasteiger partial charge on any atom is -0.508 e. The van der Waals surface area contributed by atoms with Gasteiger partial charge in [0.2, 0.25) is 0 Å². The van der Waals surface area contributed by atoms with Crippen LogP contribution in [0.5, 0.6) is 5.75 Å². The van der Waals surface area contributed by atoms with E-state index in [-0.39, 0.29) is 5.75 Å². The predicted octanol–water partition coefficient (Wildman–Crippen LogP) is 3.65. The number of benzene rings is 2. The van der Waals surface area contributed by atoms with E-state index in [1.807, 2.05) is 30.3 Å². The van der Waals surface area contributed by atoms with E-state index in [0.717, 1.165) is 20.3 Å². The molecule has 0 unspecified atom stereocenters. The van der Waals surface area contributed by atoms with Crippen LogP contribution in [-0.4, -0.2) is 5.11 Å². The second-order valence-corrected chi connectivity index (χ2v) is 4.55. The highest BCUT2D eigenvalue weighted by molar-refractivity contribution is 14.1. The minimum atomic E-state index is 0.277. The van der Waals surface area contributed by atoms with Gasteiger partial charge in [-0.05, 0) is 58.0 Å². The van der Waals surface area contributed by atoms with Crippen LogP contribution in [0.1, 0.15) is 5.56 Å². The first-order valence-corrected chi connectivity index (χ1v) is 5.84. The molecule has 0 bridgehead atoms. The molecule has 0 atom stereocenters. The summed E-state index contributed by atoms with van der Waals surface area (Å²) < 4.78 is 1.06. The Hall–Kier alpha value is -1.47. The summed E-state index contributed by atoms with van der Waals surface area (Å²) in [4.78, 5) is 0. The maximum absolute atomic E-state index is 9.21. The van der Waals surface area contributed by atoms with Crippen LogP contribution >= 0.6 is 22.6 Å². The van der Waals surface area contributed by atoms with Crippen LogP contribution in [0.25, 0.3) is 11.1 Å². The molecule has 0 aromatic heterocycles. The molecule has 0 saturated carbocycles. The van der Waals surface area contributed by atoms with Crippen LogP contribution in [0.15, 0.2) is 42.5 Å². The van der Waals surface area contributed by atoms with E-state index in [4.69, 9.17) is 6.42 Å². The van der Waals surface area contributed by atoms with Gasteiger partial charge in [0, 0.05) is 9.13 Å². The standard InChI is InChI=1S/C14H9IO/c1-2-10-3-4-12(9-14(10)15)11-5-7-13(16)8-6-11/h1,3-9,16H. The third-order valence-electron chi connectivity index (χ3n) is 2.33. The Bertz CT molecular complexity index is 550. The quantitative estimate of drug-likeness (QED) is 0.628. The number of hydrogen-bond acceptors (Lipinski definition) is 1. The Morgan fingerprint density at radius 1 is 1.00 bits per heavy atom. The van der Waals surface area contributed by atoms with Gasteiger partial charge in [0.1, 0.15) is 5.75 Å². The number of phenols is 1. The lowest BCUT2D eigenvalue weighted by Gasteiger charge is -2.04. The molecule has 0 spiro atoms. The van der Waals surface area contributed by atoms with Gasteiger partial charge in [0.25, 0.3) is 0 Å². The fraction of sp³-hybridized carbons (Fsp3) is 0. The highest BCUT2D eigenvalue weighted by atomic mass is 127. The van der Waals surface area contributed by atoms with Crippen LogP contribution in [0.4, 0.5) is 0 Å². The van der Waals surface area contributed by atoms with Crippen molar-refractivity contribution >= 4 is 22.6 Å². The maximum Gasteiger partial charge on any atom is 0.115 e. The third-order valence-corrected chi connectivity index (χ3v) is 3.22. The predicted molar refractivity (Wildman–Crippen MR) is 74.2 cm³/mol. The molecule has 0 fully saturated rings. The van der Waals surface area contributed by atoms with Crippen LogP contribution in [0, 0.1) is 15.9 Å². The molecular weight excluding hydrogens is 311 g/mol. The average Bonchev–Trinajstić information content (AvgIpc) is 2.30. The van der Waals surface area contributed by atoms with Crippen molar-refractivity contribution in [1.29, 1.82) is 0 Å². The molecule has 16 heavy (non-hydrogen) atoms. The van der Waals surface area contributed by atoms with Gasteiger partial charge in [-0.2, -0.15) is 0 Å². The smallest absolute Gasteiger partial charge is 0.115 e. The Morgan fingerprint density at radius 3 is 2.19 bits per heavy atom. The Labute approximate surface area is 108 Å².